The van der Waals surface area contributed by atoms with Crippen LogP contribution in [0.1, 0.15) is 36.0 Å². The zero-order chi connectivity index (χ0) is 22.5. The predicted molar refractivity (Wildman–Crippen MR) is 93.1 cm³/mol. The molecule has 2 aromatic rings. The van der Waals surface area contributed by atoms with Crippen molar-refractivity contribution in [2.45, 2.75) is 50.4 Å². The molecule has 0 aromatic carbocycles. The number of likely N-dealkylation sites (tertiary alicyclic amines) is 1. The Morgan fingerprint density at radius 1 is 1.19 bits per heavy atom. The Morgan fingerprint density at radius 3 is 2.52 bits per heavy atom. The zero-order valence-corrected chi connectivity index (χ0v) is 15.9. The first kappa shape index (κ1) is 21.4. The van der Waals surface area contributed by atoms with Gasteiger partial charge in [-0.3, -0.25) is 9.36 Å². The lowest BCUT2D eigenvalue weighted by molar-refractivity contribution is -0.143. The predicted octanol–water partition coefficient (Wildman–Crippen LogP) is 2.04. The molecule has 1 amide bonds. The maximum absolute atomic E-state index is 14.3. The fourth-order valence-corrected chi connectivity index (χ4v) is 3.95. The molecule has 0 radical (unpaired) electrons. The minimum absolute atomic E-state index is 0.202. The summed E-state index contributed by atoms with van der Waals surface area (Å²) in [5.41, 5.74) is -2.96. The van der Waals surface area contributed by atoms with Crippen LogP contribution in [0.2, 0.25) is 0 Å². The maximum atomic E-state index is 14.3. The number of alkyl halides is 5. The molecule has 2 aromatic heterocycles. The van der Waals surface area contributed by atoms with Crippen molar-refractivity contribution in [3.8, 4) is 0 Å². The first-order valence-electron chi connectivity index (χ1n) is 9.53. The molecule has 13 heteroatoms. The minimum atomic E-state index is -5.01. The van der Waals surface area contributed by atoms with Crippen LogP contribution in [0.15, 0.2) is 17.1 Å². The second-order valence-electron chi connectivity index (χ2n) is 7.54. The van der Waals surface area contributed by atoms with E-state index in [1.54, 1.807) is 0 Å². The molecule has 4 rings (SSSR count). The van der Waals surface area contributed by atoms with Crippen molar-refractivity contribution < 1.29 is 31.1 Å². The van der Waals surface area contributed by atoms with Crippen LogP contribution in [0, 0.1) is 5.82 Å². The number of amides is 1. The van der Waals surface area contributed by atoms with Crippen LogP contribution in [-0.2, 0) is 23.9 Å². The molecule has 168 valence electrons. The summed E-state index contributed by atoms with van der Waals surface area (Å²) >= 11 is 0. The average Bonchev–Trinajstić information content (AvgIpc) is 3.21. The Balaban J connectivity index is 1.64. The summed E-state index contributed by atoms with van der Waals surface area (Å²) in [7, 11) is 0. The molecule has 2 aliphatic heterocycles. The van der Waals surface area contributed by atoms with Gasteiger partial charge in [0, 0.05) is 18.2 Å². The van der Waals surface area contributed by atoms with Gasteiger partial charge in [-0.15, -0.1) is 0 Å². The van der Waals surface area contributed by atoms with Crippen LogP contribution in [0.5, 0.6) is 0 Å². The largest absolute Gasteiger partial charge is 0.436 e. The van der Waals surface area contributed by atoms with E-state index < -0.39 is 72.9 Å². The van der Waals surface area contributed by atoms with E-state index in [-0.39, 0.29) is 12.2 Å². The van der Waals surface area contributed by atoms with Crippen LogP contribution in [0.3, 0.4) is 0 Å². The third-order valence-corrected chi connectivity index (χ3v) is 5.47. The number of halogens is 6. The van der Waals surface area contributed by atoms with Crippen molar-refractivity contribution in [3.05, 3.63) is 45.6 Å². The summed E-state index contributed by atoms with van der Waals surface area (Å²) in [6.45, 7) is -1.44. The van der Waals surface area contributed by atoms with Crippen molar-refractivity contribution in [1.82, 2.24) is 24.2 Å². The van der Waals surface area contributed by atoms with E-state index in [4.69, 9.17) is 0 Å². The normalized spacial score (nSPS) is 23.8. The molecule has 2 aliphatic rings. The van der Waals surface area contributed by atoms with Gasteiger partial charge in [-0.05, 0) is 18.9 Å². The first-order chi connectivity index (χ1) is 14.6. The molecule has 0 unspecified atom stereocenters. The smallest absolute Gasteiger partial charge is 0.335 e. The van der Waals surface area contributed by atoms with Gasteiger partial charge in [0.05, 0.1) is 19.6 Å². The zero-order valence-electron chi connectivity index (χ0n) is 15.9. The topological polar surface area (TPSA) is 73.0 Å². The maximum Gasteiger partial charge on any atom is 0.436 e. The number of aromatic nitrogens is 4. The third kappa shape index (κ3) is 3.81. The van der Waals surface area contributed by atoms with Gasteiger partial charge in [-0.25, -0.2) is 27.6 Å². The van der Waals surface area contributed by atoms with Crippen LogP contribution < -0.4 is 5.69 Å². The monoisotopic (exact) mass is 449 g/mol. The van der Waals surface area contributed by atoms with Crippen LogP contribution in [0.4, 0.5) is 26.3 Å². The lowest BCUT2D eigenvalue weighted by atomic mass is 10.0. The van der Waals surface area contributed by atoms with Gasteiger partial charge in [0.25, 0.3) is 0 Å². The second kappa shape index (κ2) is 7.68. The number of nitrogens with zero attached hydrogens (tertiary/aromatic N) is 5. The number of pyridine rings is 1. The van der Waals surface area contributed by atoms with Crippen molar-refractivity contribution in [2.75, 3.05) is 13.1 Å². The van der Waals surface area contributed by atoms with Crippen molar-refractivity contribution in [3.63, 3.8) is 0 Å². The number of carbonyl (C=O) groups excluding carboxylic acids is 1. The molecule has 0 N–H and O–H groups in total. The standard InChI is InChI=1S/C18H17F6N5O2/c19-10-7-27(8-11(10)20)16(30)12-2-1-3-13-26-28(17(31)29(12)13)6-9-4-5-25-15(14(9)21)18(22,23)24/h4-5,10-12H,1-3,6-8H2/t10-,11+,12-/m0/s1. The fourth-order valence-electron chi connectivity index (χ4n) is 3.95. The molecule has 0 saturated carbocycles. The van der Waals surface area contributed by atoms with Gasteiger partial charge < -0.3 is 4.90 Å². The second-order valence-corrected chi connectivity index (χ2v) is 7.54. The Kier molecular flexibility index (Phi) is 5.30. The highest BCUT2D eigenvalue weighted by Gasteiger charge is 2.41. The molecule has 1 saturated heterocycles. The molecule has 3 atom stereocenters. The molecule has 0 spiro atoms. The van der Waals surface area contributed by atoms with E-state index in [1.807, 2.05) is 0 Å². The Bertz CT molecular complexity index is 1050. The van der Waals surface area contributed by atoms with Crippen molar-refractivity contribution in [2.24, 2.45) is 0 Å². The fraction of sp³-hybridized carbons (Fsp3) is 0.556. The van der Waals surface area contributed by atoms with Gasteiger partial charge in [0.2, 0.25) is 5.91 Å². The van der Waals surface area contributed by atoms with E-state index in [1.165, 1.54) is 0 Å². The number of fused-ring (bicyclic) bond motifs is 1. The summed E-state index contributed by atoms with van der Waals surface area (Å²) in [4.78, 5) is 29.7. The number of aryl methyl sites for hydroxylation is 1. The first-order valence-corrected chi connectivity index (χ1v) is 9.53. The van der Waals surface area contributed by atoms with E-state index in [9.17, 15) is 35.9 Å². The molecule has 0 bridgehead atoms. The lowest BCUT2D eigenvalue weighted by Crippen LogP contribution is -2.42. The number of hydrogen-bond donors (Lipinski definition) is 0. The third-order valence-electron chi connectivity index (χ3n) is 5.47. The Hall–Kier alpha value is -2.86. The number of rotatable bonds is 3. The molecule has 31 heavy (non-hydrogen) atoms. The highest BCUT2D eigenvalue weighted by atomic mass is 19.4. The van der Waals surface area contributed by atoms with Crippen LogP contribution in [-0.4, -0.2) is 55.6 Å². The number of carbonyl (C=O) groups is 1. The van der Waals surface area contributed by atoms with Gasteiger partial charge in [-0.1, -0.05) is 0 Å². The highest BCUT2D eigenvalue weighted by Crippen LogP contribution is 2.31. The Labute approximate surface area is 171 Å². The number of hydrogen-bond acceptors (Lipinski definition) is 4. The van der Waals surface area contributed by atoms with E-state index in [0.29, 0.717) is 12.8 Å². The highest BCUT2D eigenvalue weighted by molar-refractivity contribution is 5.81. The Morgan fingerprint density at radius 2 is 1.87 bits per heavy atom. The molecular weight excluding hydrogens is 432 g/mol. The SMILES string of the molecule is O=C([C@@H]1CCCc2nn(Cc3ccnc(C(F)(F)F)c3F)c(=O)n21)N1C[C@@H](F)[C@@H](F)C1. The summed E-state index contributed by atoms with van der Waals surface area (Å²) in [6.07, 6.45) is -6.80. The van der Waals surface area contributed by atoms with E-state index in [0.717, 1.165) is 26.4 Å². The molecule has 1 fully saturated rings. The van der Waals surface area contributed by atoms with E-state index >= 15 is 0 Å². The van der Waals surface area contributed by atoms with Gasteiger partial charge >= 0.3 is 11.9 Å². The van der Waals surface area contributed by atoms with Crippen LogP contribution in [0.25, 0.3) is 0 Å². The molecule has 4 heterocycles. The lowest BCUT2D eigenvalue weighted by Gasteiger charge is -2.26. The average molecular weight is 449 g/mol. The van der Waals surface area contributed by atoms with Gasteiger partial charge in [-0.2, -0.15) is 18.3 Å². The van der Waals surface area contributed by atoms with Gasteiger partial charge in [0.1, 0.15) is 11.9 Å². The van der Waals surface area contributed by atoms with Crippen LogP contribution >= 0.6 is 0 Å². The quantitative estimate of drug-likeness (QED) is 0.673. The van der Waals surface area contributed by atoms with Crippen molar-refractivity contribution >= 4 is 5.91 Å². The summed E-state index contributed by atoms with van der Waals surface area (Å²) in [6, 6.07) is -0.0270. The van der Waals surface area contributed by atoms with Crippen molar-refractivity contribution in [1.29, 1.82) is 0 Å². The molecule has 7 nitrogen and oxygen atoms in total. The van der Waals surface area contributed by atoms with E-state index in [2.05, 4.69) is 10.1 Å². The minimum Gasteiger partial charge on any atom is -0.335 e. The molecule has 0 aliphatic carbocycles. The van der Waals surface area contributed by atoms with Gasteiger partial charge in [0.15, 0.2) is 23.9 Å². The summed E-state index contributed by atoms with van der Waals surface area (Å²) < 4.78 is 81.8. The summed E-state index contributed by atoms with van der Waals surface area (Å²) in [5, 5.41) is 4.05. The summed E-state index contributed by atoms with van der Waals surface area (Å²) in [5.74, 6) is -2.03. The molecular formula is C18H17F6N5O2.